The Bertz CT molecular complexity index is 347. The van der Waals surface area contributed by atoms with Crippen molar-refractivity contribution in [3.8, 4) is 0 Å². The minimum Gasteiger partial charge on any atom is -0.265 e. The standard InChI is InChI=1S/C12H13N/c1-10-3-2-4-12(9-10)11-5-7-13-8-6-11/h3,5-9H,2,4H2,1H3. The summed E-state index contributed by atoms with van der Waals surface area (Å²) in [6.45, 7) is 2.15. The second-order valence-corrected chi connectivity index (χ2v) is 3.39. The fraction of sp³-hybridized carbons (Fsp3) is 0.250. The summed E-state index contributed by atoms with van der Waals surface area (Å²) in [5.41, 5.74) is 4.11. The summed E-state index contributed by atoms with van der Waals surface area (Å²) >= 11 is 0. The number of hydrogen-bond acceptors (Lipinski definition) is 1. The lowest BCUT2D eigenvalue weighted by Gasteiger charge is -2.11. The maximum atomic E-state index is 4.02. The summed E-state index contributed by atoms with van der Waals surface area (Å²) in [7, 11) is 0. The number of aromatic nitrogens is 1. The highest BCUT2D eigenvalue weighted by Crippen LogP contribution is 2.25. The molecule has 0 bridgehead atoms. The van der Waals surface area contributed by atoms with Crippen molar-refractivity contribution in [2.24, 2.45) is 0 Å². The Kier molecular flexibility index (Phi) is 2.26. The van der Waals surface area contributed by atoms with Gasteiger partial charge >= 0.3 is 0 Å². The van der Waals surface area contributed by atoms with Crippen molar-refractivity contribution in [1.82, 2.24) is 4.98 Å². The first-order valence-corrected chi connectivity index (χ1v) is 4.64. The van der Waals surface area contributed by atoms with Gasteiger partial charge in [-0.05, 0) is 43.0 Å². The number of pyridine rings is 1. The Hall–Kier alpha value is -1.37. The first-order valence-electron chi connectivity index (χ1n) is 4.64. The Labute approximate surface area is 78.8 Å². The second kappa shape index (κ2) is 3.56. The maximum Gasteiger partial charge on any atom is 0.0273 e. The van der Waals surface area contributed by atoms with Gasteiger partial charge in [-0.3, -0.25) is 4.98 Å². The molecule has 1 heterocycles. The summed E-state index contributed by atoms with van der Waals surface area (Å²) in [5, 5.41) is 0. The topological polar surface area (TPSA) is 12.9 Å². The number of hydrogen-bond donors (Lipinski definition) is 0. The molecule has 1 nitrogen and oxygen atoms in total. The van der Waals surface area contributed by atoms with Crippen LogP contribution in [0.2, 0.25) is 0 Å². The summed E-state index contributed by atoms with van der Waals surface area (Å²) in [6, 6.07) is 4.15. The van der Waals surface area contributed by atoms with Crippen molar-refractivity contribution in [3.63, 3.8) is 0 Å². The van der Waals surface area contributed by atoms with Gasteiger partial charge in [-0.2, -0.15) is 0 Å². The van der Waals surface area contributed by atoms with E-state index in [1.165, 1.54) is 23.1 Å². The highest BCUT2D eigenvalue weighted by Gasteiger charge is 2.04. The van der Waals surface area contributed by atoms with Crippen LogP contribution in [0.15, 0.2) is 42.3 Å². The van der Waals surface area contributed by atoms with E-state index in [1.807, 2.05) is 12.4 Å². The molecule has 0 N–H and O–H groups in total. The van der Waals surface area contributed by atoms with Crippen LogP contribution >= 0.6 is 0 Å². The van der Waals surface area contributed by atoms with Crippen LogP contribution in [0.4, 0.5) is 0 Å². The summed E-state index contributed by atoms with van der Waals surface area (Å²) in [5.74, 6) is 0. The third-order valence-corrected chi connectivity index (χ3v) is 2.33. The second-order valence-electron chi connectivity index (χ2n) is 3.39. The molecule has 0 aliphatic heterocycles. The first-order chi connectivity index (χ1) is 6.36. The molecule has 0 saturated carbocycles. The van der Waals surface area contributed by atoms with Gasteiger partial charge in [-0.25, -0.2) is 0 Å². The molecule has 0 fully saturated rings. The summed E-state index contributed by atoms with van der Waals surface area (Å²) < 4.78 is 0. The molecule has 1 heteroatoms. The molecule has 1 aromatic rings. The van der Waals surface area contributed by atoms with E-state index in [1.54, 1.807) is 0 Å². The van der Waals surface area contributed by atoms with E-state index in [4.69, 9.17) is 0 Å². The average molecular weight is 171 g/mol. The molecular formula is C12H13N. The van der Waals surface area contributed by atoms with Crippen molar-refractivity contribution >= 4 is 5.57 Å². The van der Waals surface area contributed by atoms with Crippen LogP contribution in [-0.2, 0) is 0 Å². The molecule has 1 aromatic heterocycles. The SMILES string of the molecule is CC1=CCCC(c2ccncc2)=C1. The van der Waals surface area contributed by atoms with Gasteiger partial charge in [-0.1, -0.05) is 17.7 Å². The van der Waals surface area contributed by atoms with Crippen molar-refractivity contribution in [3.05, 3.63) is 47.8 Å². The molecule has 0 spiro atoms. The number of allylic oxidation sites excluding steroid dienone is 4. The minimum atomic E-state index is 1.15. The predicted molar refractivity (Wildman–Crippen MR) is 55.2 cm³/mol. The zero-order valence-corrected chi connectivity index (χ0v) is 7.83. The van der Waals surface area contributed by atoms with E-state index in [0.29, 0.717) is 0 Å². The summed E-state index contributed by atoms with van der Waals surface area (Å²) in [6.07, 6.45) is 10.6. The lowest BCUT2D eigenvalue weighted by Crippen LogP contribution is -1.90. The van der Waals surface area contributed by atoms with Crippen molar-refractivity contribution in [1.29, 1.82) is 0 Å². The molecule has 1 aliphatic rings. The van der Waals surface area contributed by atoms with Gasteiger partial charge in [-0.15, -0.1) is 0 Å². The Morgan fingerprint density at radius 2 is 2.00 bits per heavy atom. The van der Waals surface area contributed by atoms with Gasteiger partial charge in [0.05, 0.1) is 0 Å². The number of rotatable bonds is 1. The molecule has 0 aromatic carbocycles. The van der Waals surface area contributed by atoms with Gasteiger partial charge in [0.2, 0.25) is 0 Å². The van der Waals surface area contributed by atoms with Gasteiger partial charge in [0, 0.05) is 12.4 Å². The van der Waals surface area contributed by atoms with Crippen LogP contribution in [0, 0.1) is 0 Å². The number of nitrogens with zero attached hydrogens (tertiary/aromatic N) is 1. The van der Waals surface area contributed by atoms with Crippen molar-refractivity contribution in [2.45, 2.75) is 19.8 Å². The van der Waals surface area contributed by atoms with E-state index in [0.717, 1.165) is 6.42 Å². The van der Waals surface area contributed by atoms with Gasteiger partial charge in [0.15, 0.2) is 0 Å². The third kappa shape index (κ3) is 1.86. The van der Waals surface area contributed by atoms with Gasteiger partial charge in [0.1, 0.15) is 0 Å². The van der Waals surface area contributed by atoms with Crippen LogP contribution in [0.1, 0.15) is 25.3 Å². The fourth-order valence-corrected chi connectivity index (χ4v) is 1.65. The molecule has 0 atom stereocenters. The normalized spacial score (nSPS) is 16.4. The molecule has 66 valence electrons. The smallest absolute Gasteiger partial charge is 0.0273 e. The summed E-state index contributed by atoms with van der Waals surface area (Å²) in [4.78, 5) is 4.02. The highest BCUT2D eigenvalue weighted by molar-refractivity contribution is 5.69. The molecule has 0 unspecified atom stereocenters. The van der Waals surface area contributed by atoms with Crippen LogP contribution in [0.25, 0.3) is 5.57 Å². The lowest BCUT2D eigenvalue weighted by molar-refractivity contribution is 1.03. The van der Waals surface area contributed by atoms with Crippen LogP contribution < -0.4 is 0 Å². The predicted octanol–water partition coefficient (Wildman–Crippen LogP) is 3.21. The maximum absolute atomic E-state index is 4.02. The van der Waals surface area contributed by atoms with Crippen LogP contribution in [0.3, 0.4) is 0 Å². The minimum absolute atomic E-state index is 1.15. The van der Waals surface area contributed by atoms with Gasteiger partial charge < -0.3 is 0 Å². The lowest BCUT2D eigenvalue weighted by atomic mass is 9.95. The zero-order valence-electron chi connectivity index (χ0n) is 7.83. The molecule has 2 rings (SSSR count). The van der Waals surface area contributed by atoms with Crippen molar-refractivity contribution < 1.29 is 0 Å². The quantitative estimate of drug-likeness (QED) is 0.632. The molecular weight excluding hydrogens is 158 g/mol. The van der Waals surface area contributed by atoms with E-state index in [9.17, 15) is 0 Å². The van der Waals surface area contributed by atoms with Crippen LogP contribution in [0.5, 0.6) is 0 Å². The van der Waals surface area contributed by atoms with Crippen molar-refractivity contribution in [2.75, 3.05) is 0 Å². The van der Waals surface area contributed by atoms with E-state index in [2.05, 4.69) is 36.2 Å². The zero-order chi connectivity index (χ0) is 9.10. The highest BCUT2D eigenvalue weighted by atomic mass is 14.6. The Morgan fingerprint density at radius 3 is 2.69 bits per heavy atom. The molecule has 0 radical (unpaired) electrons. The fourth-order valence-electron chi connectivity index (χ4n) is 1.65. The van der Waals surface area contributed by atoms with E-state index in [-0.39, 0.29) is 0 Å². The Balaban J connectivity index is 2.32. The average Bonchev–Trinajstić information content (AvgIpc) is 2.19. The third-order valence-electron chi connectivity index (χ3n) is 2.33. The first kappa shape index (κ1) is 8.24. The Morgan fingerprint density at radius 1 is 1.23 bits per heavy atom. The molecule has 1 aliphatic carbocycles. The van der Waals surface area contributed by atoms with E-state index >= 15 is 0 Å². The molecule has 0 saturated heterocycles. The largest absolute Gasteiger partial charge is 0.265 e. The molecule has 13 heavy (non-hydrogen) atoms. The van der Waals surface area contributed by atoms with Crippen LogP contribution in [-0.4, -0.2) is 4.98 Å². The van der Waals surface area contributed by atoms with Gasteiger partial charge in [0.25, 0.3) is 0 Å². The monoisotopic (exact) mass is 171 g/mol. The molecule has 0 amide bonds. The van der Waals surface area contributed by atoms with E-state index < -0.39 is 0 Å².